The Morgan fingerprint density at radius 3 is 2.08 bits per heavy atom. The van der Waals surface area contributed by atoms with E-state index in [1.165, 1.54) is 52.6 Å². The van der Waals surface area contributed by atoms with Crippen LogP contribution >= 0.6 is 0 Å². The third-order valence-corrected chi connectivity index (χ3v) is 5.62. The van der Waals surface area contributed by atoms with Crippen molar-refractivity contribution in [2.45, 2.75) is 73.1 Å². The second kappa shape index (κ2) is 9.22. The number of hydrogen-bond donors (Lipinski definition) is 0. The van der Waals surface area contributed by atoms with E-state index in [0.29, 0.717) is 11.8 Å². The van der Waals surface area contributed by atoms with Crippen molar-refractivity contribution >= 4 is 0 Å². The van der Waals surface area contributed by atoms with Gasteiger partial charge in [0.15, 0.2) is 0 Å². The van der Waals surface area contributed by atoms with Gasteiger partial charge in [-0.3, -0.25) is 0 Å². The largest absolute Gasteiger partial charge is 0.0654 e. The van der Waals surface area contributed by atoms with Gasteiger partial charge < -0.3 is 0 Å². The zero-order valence-electron chi connectivity index (χ0n) is 17.0. The van der Waals surface area contributed by atoms with E-state index in [9.17, 15) is 0 Å². The maximum atomic E-state index is 2.59. The first kappa shape index (κ1) is 19.8. The summed E-state index contributed by atoms with van der Waals surface area (Å²) in [6, 6.07) is 13.9. The lowest BCUT2D eigenvalue weighted by atomic mass is 9.83. The van der Waals surface area contributed by atoms with Gasteiger partial charge in [0.1, 0.15) is 0 Å². The molecule has 0 fully saturated rings. The topological polar surface area (TPSA) is 0 Å². The van der Waals surface area contributed by atoms with Crippen molar-refractivity contribution in [3.05, 3.63) is 76.2 Å². The number of rotatable bonds is 8. The van der Waals surface area contributed by atoms with E-state index in [0.717, 1.165) is 6.42 Å². The van der Waals surface area contributed by atoms with Gasteiger partial charge in [0, 0.05) is 0 Å². The summed E-state index contributed by atoms with van der Waals surface area (Å²) in [5.41, 5.74) is 8.51. The Balaban J connectivity index is 2.10. The minimum atomic E-state index is 0.507. The van der Waals surface area contributed by atoms with Gasteiger partial charge in [-0.05, 0) is 92.2 Å². The van der Waals surface area contributed by atoms with Crippen molar-refractivity contribution in [2.75, 3.05) is 0 Å². The molecule has 0 heterocycles. The van der Waals surface area contributed by atoms with Gasteiger partial charge in [0.05, 0.1) is 0 Å². The fourth-order valence-electron chi connectivity index (χ4n) is 3.53. The van der Waals surface area contributed by atoms with Crippen LogP contribution in [0.2, 0.25) is 0 Å². The highest BCUT2D eigenvalue weighted by atomic mass is 14.2. The van der Waals surface area contributed by atoms with Gasteiger partial charge in [-0.1, -0.05) is 63.1 Å². The Morgan fingerprint density at radius 2 is 1.48 bits per heavy atom. The van der Waals surface area contributed by atoms with E-state index in [2.05, 4.69) is 84.4 Å². The average molecular weight is 336 g/mol. The molecule has 135 valence electrons. The van der Waals surface area contributed by atoms with E-state index >= 15 is 0 Å². The molecular formula is C25H35. The van der Waals surface area contributed by atoms with Crippen LogP contribution in [0.4, 0.5) is 0 Å². The molecule has 2 rings (SSSR count). The van der Waals surface area contributed by atoms with E-state index < -0.39 is 0 Å². The Kier molecular flexibility index (Phi) is 7.29. The molecule has 0 heteroatoms. The summed E-state index contributed by atoms with van der Waals surface area (Å²) in [7, 11) is 0. The summed E-state index contributed by atoms with van der Waals surface area (Å²) in [5.74, 6) is 1.16. The number of unbranched alkanes of at least 4 members (excludes halogenated alkanes) is 1. The van der Waals surface area contributed by atoms with Gasteiger partial charge >= 0.3 is 0 Å². The molecule has 0 spiro atoms. The zero-order chi connectivity index (χ0) is 18.4. The lowest BCUT2D eigenvalue weighted by molar-refractivity contribution is 0.494. The molecule has 0 aromatic heterocycles. The highest BCUT2D eigenvalue weighted by molar-refractivity contribution is 5.33. The van der Waals surface area contributed by atoms with Crippen LogP contribution < -0.4 is 0 Å². The minimum Gasteiger partial charge on any atom is -0.0654 e. The predicted octanol–water partition coefficient (Wildman–Crippen LogP) is 7.28. The number of aryl methyl sites for hydroxylation is 4. The molecule has 2 aromatic carbocycles. The fourth-order valence-corrected chi connectivity index (χ4v) is 3.53. The summed E-state index contributed by atoms with van der Waals surface area (Å²) < 4.78 is 0. The first-order valence-corrected chi connectivity index (χ1v) is 9.89. The predicted molar refractivity (Wildman–Crippen MR) is 111 cm³/mol. The molecule has 0 nitrogen and oxygen atoms in total. The van der Waals surface area contributed by atoms with Crippen LogP contribution in [0.3, 0.4) is 0 Å². The normalized spacial score (nSPS) is 13.7. The molecule has 1 radical (unpaired) electrons. The lowest BCUT2D eigenvalue weighted by Gasteiger charge is -2.22. The monoisotopic (exact) mass is 335 g/mol. The van der Waals surface area contributed by atoms with Crippen molar-refractivity contribution in [3.63, 3.8) is 0 Å². The Bertz CT molecular complexity index is 680. The van der Waals surface area contributed by atoms with Crippen LogP contribution in [0.5, 0.6) is 0 Å². The van der Waals surface area contributed by atoms with E-state index in [1.54, 1.807) is 0 Å². The third kappa shape index (κ3) is 5.73. The molecule has 0 bridgehead atoms. The fraction of sp³-hybridized carbons (Fsp3) is 0.480. The third-order valence-electron chi connectivity index (χ3n) is 5.62. The molecular weight excluding hydrogens is 300 g/mol. The summed E-state index contributed by atoms with van der Waals surface area (Å²) in [4.78, 5) is 0. The Labute approximate surface area is 155 Å². The second-order valence-electron chi connectivity index (χ2n) is 7.85. The van der Waals surface area contributed by atoms with Crippen LogP contribution in [0.1, 0.15) is 72.4 Å². The van der Waals surface area contributed by atoms with Crippen molar-refractivity contribution in [1.29, 1.82) is 0 Å². The van der Waals surface area contributed by atoms with Crippen LogP contribution in [0.25, 0.3) is 0 Å². The van der Waals surface area contributed by atoms with Gasteiger partial charge in [-0.15, -0.1) is 0 Å². The van der Waals surface area contributed by atoms with Crippen LogP contribution in [0, 0.1) is 40.0 Å². The number of benzene rings is 2. The lowest BCUT2D eigenvalue weighted by Crippen LogP contribution is -2.11. The molecule has 0 saturated carbocycles. The molecule has 0 amide bonds. The Hall–Kier alpha value is -1.56. The molecule has 0 aliphatic rings. The molecule has 0 aliphatic carbocycles. The molecule has 0 aliphatic heterocycles. The van der Waals surface area contributed by atoms with Crippen LogP contribution in [0.15, 0.2) is 36.4 Å². The van der Waals surface area contributed by atoms with Gasteiger partial charge in [0.25, 0.3) is 0 Å². The van der Waals surface area contributed by atoms with Crippen molar-refractivity contribution in [1.82, 2.24) is 0 Å². The van der Waals surface area contributed by atoms with E-state index in [1.807, 2.05) is 0 Å². The zero-order valence-corrected chi connectivity index (χ0v) is 17.0. The highest BCUT2D eigenvalue weighted by Gasteiger charge is 2.16. The van der Waals surface area contributed by atoms with E-state index in [-0.39, 0.29) is 0 Å². The highest BCUT2D eigenvalue weighted by Crippen LogP contribution is 2.29. The smallest absolute Gasteiger partial charge is 0.0156 e. The van der Waals surface area contributed by atoms with Gasteiger partial charge in [-0.25, -0.2) is 0 Å². The first-order chi connectivity index (χ1) is 11.9. The maximum absolute atomic E-state index is 2.59. The maximum Gasteiger partial charge on any atom is -0.0156 e. The molecule has 2 unspecified atom stereocenters. The molecule has 0 N–H and O–H groups in total. The van der Waals surface area contributed by atoms with Gasteiger partial charge in [0.2, 0.25) is 0 Å². The second-order valence-corrected chi connectivity index (χ2v) is 7.85. The van der Waals surface area contributed by atoms with Gasteiger partial charge in [-0.2, -0.15) is 0 Å². The van der Waals surface area contributed by atoms with Crippen molar-refractivity contribution in [3.8, 4) is 0 Å². The van der Waals surface area contributed by atoms with E-state index in [4.69, 9.17) is 0 Å². The summed E-state index contributed by atoms with van der Waals surface area (Å²) >= 11 is 0. The molecule has 25 heavy (non-hydrogen) atoms. The van der Waals surface area contributed by atoms with Crippen molar-refractivity contribution in [2.24, 2.45) is 5.92 Å². The quantitative estimate of drug-likeness (QED) is 0.475. The minimum absolute atomic E-state index is 0.507. The van der Waals surface area contributed by atoms with Crippen LogP contribution in [-0.2, 0) is 6.42 Å². The summed E-state index contributed by atoms with van der Waals surface area (Å²) in [5, 5.41) is 0. The van der Waals surface area contributed by atoms with Crippen molar-refractivity contribution < 1.29 is 0 Å². The van der Waals surface area contributed by atoms with Crippen LogP contribution in [-0.4, -0.2) is 0 Å². The standard InChI is InChI=1S/C25H35/c1-7-8-9-23(17-24-12-10-18(2)20(4)14-24)15-22(6)25-13-11-19(3)21(5)16-25/h10-16,22-23H,7-9,17H2,1-6H3. The first-order valence-electron chi connectivity index (χ1n) is 9.89. The number of hydrogen-bond acceptors (Lipinski definition) is 0. The summed E-state index contributed by atoms with van der Waals surface area (Å²) in [6.45, 7) is 13.5. The summed E-state index contributed by atoms with van der Waals surface area (Å²) in [6.07, 6.45) is 7.63. The molecule has 2 aromatic rings. The average Bonchev–Trinajstić information content (AvgIpc) is 2.58. The SMILES string of the molecule is CCCCC([CH]C(C)c1ccc(C)c(C)c1)Cc1ccc(C)c(C)c1. The molecule has 2 atom stereocenters. The Morgan fingerprint density at radius 1 is 0.840 bits per heavy atom. The molecule has 0 saturated heterocycles.